The molecule has 12 heavy (non-hydrogen) atoms. The van der Waals surface area contributed by atoms with Gasteiger partial charge >= 0.3 is 0 Å². The summed E-state index contributed by atoms with van der Waals surface area (Å²) in [7, 11) is 0. The fourth-order valence-corrected chi connectivity index (χ4v) is 2.85. The number of pyridine rings is 1. The Hall–Kier alpha value is -0.450. The van der Waals surface area contributed by atoms with E-state index in [4.69, 9.17) is 5.11 Å². The Morgan fingerprint density at radius 2 is 2.33 bits per heavy atom. The first kappa shape index (κ1) is 8.16. The molecule has 2 nitrogen and oxygen atoms in total. The maximum absolute atomic E-state index is 9.02. The maximum Gasteiger partial charge on any atom is 0.0703 e. The van der Waals surface area contributed by atoms with Crippen LogP contribution in [-0.2, 0) is 6.61 Å². The second-order valence-corrected chi connectivity index (χ2v) is 4.18. The number of halogens is 1. The SMILES string of the molecule is OCc1cncc2scc(Br)c12. The molecule has 0 aliphatic heterocycles. The van der Waals surface area contributed by atoms with Gasteiger partial charge in [0.2, 0.25) is 0 Å². The number of thiophene rings is 1. The summed E-state index contributed by atoms with van der Waals surface area (Å²) in [6.07, 6.45) is 3.50. The van der Waals surface area contributed by atoms with Gasteiger partial charge in [0.05, 0.1) is 11.3 Å². The molecule has 2 rings (SSSR count). The van der Waals surface area contributed by atoms with E-state index in [9.17, 15) is 0 Å². The lowest BCUT2D eigenvalue weighted by molar-refractivity contribution is 0.283. The highest BCUT2D eigenvalue weighted by Gasteiger charge is 2.05. The lowest BCUT2D eigenvalue weighted by Crippen LogP contribution is -1.85. The van der Waals surface area contributed by atoms with Crippen molar-refractivity contribution in [1.82, 2.24) is 4.98 Å². The molecule has 4 heteroatoms. The van der Waals surface area contributed by atoms with Crippen molar-refractivity contribution in [2.45, 2.75) is 6.61 Å². The average molecular weight is 244 g/mol. The summed E-state index contributed by atoms with van der Waals surface area (Å²) in [6.45, 7) is 0.0413. The van der Waals surface area contributed by atoms with Crippen LogP contribution in [0.15, 0.2) is 22.2 Å². The molecule has 2 aromatic rings. The summed E-state index contributed by atoms with van der Waals surface area (Å²) in [6, 6.07) is 0. The number of hydrogen-bond donors (Lipinski definition) is 1. The topological polar surface area (TPSA) is 33.1 Å². The third-order valence-electron chi connectivity index (χ3n) is 1.69. The number of rotatable bonds is 1. The van der Waals surface area contributed by atoms with Crippen LogP contribution in [0.2, 0.25) is 0 Å². The monoisotopic (exact) mass is 243 g/mol. The third kappa shape index (κ3) is 1.16. The van der Waals surface area contributed by atoms with Gasteiger partial charge in [0.25, 0.3) is 0 Å². The molecule has 0 bridgehead atoms. The van der Waals surface area contributed by atoms with E-state index in [0.29, 0.717) is 0 Å². The molecule has 2 aromatic heterocycles. The maximum atomic E-state index is 9.02. The Balaban J connectivity index is 2.84. The molecular weight excluding hydrogens is 238 g/mol. The minimum atomic E-state index is 0.0413. The average Bonchev–Trinajstić information content (AvgIpc) is 2.48. The Morgan fingerprint density at radius 1 is 1.50 bits per heavy atom. The molecule has 1 N–H and O–H groups in total. The van der Waals surface area contributed by atoms with Crippen molar-refractivity contribution in [3.8, 4) is 0 Å². The molecule has 0 aromatic carbocycles. The van der Waals surface area contributed by atoms with Gasteiger partial charge in [-0.05, 0) is 15.9 Å². The summed E-state index contributed by atoms with van der Waals surface area (Å²) in [5.41, 5.74) is 0.876. The summed E-state index contributed by atoms with van der Waals surface area (Å²) in [5.74, 6) is 0. The van der Waals surface area contributed by atoms with Gasteiger partial charge in [0.1, 0.15) is 0 Å². The zero-order valence-electron chi connectivity index (χ0n) is 6.12. The van der Waals surface area contributed by atoms with Gasteiger partial charge in [0, 0.05) is 33.2 Å². The van der Waals surface area contributed by atoms with Crippen LogP contribution in [0, 0.1) is 0 Å². The zero-order chi connectivity index (χ0) is 8.55. The predicted octanol–water partition coefficient (Wildman–Crippen LogP) is 2.55. The number of nitrogens with zero attached hydrogens (tertiary/aromatic N) is 1. The van der Waals surface area contributed by atoms with E-state index in [2.05, 4.69) is 20.9 Å². The van der Waals surface area contributed by atoms with Crippen molar-refractivity contribution in [1.29, 1.82) is 0 Å². The van der Waals surface area contributed by atoms with Crippen LogP contribution in [0.5, 0.6) is 0 Å². The molecule has 0 radical (unpaired) electrons. The standard InChI is InChI=1S/C8H6BrNOS/c9-6-4-12-7-2-10-1-5(3-11)8(6)7/h1-2,4,11H,3H2. The first-order valence-corrected chi connectivity index (χ1v) is 5.10. The van der Waals surface area contributed by atoms with Gasteiger partial charge < -0.3 is 5.11 Å². The minimum absolute atomic E-state index is 0.0413. The van der Waals surface area contributed by atoms with Crippen molar-refractivity contribution in [2.24, 2.45) is 0 Å². The Morgan fingerprint density at radius 3 is 3.08 bits per heavy atom. The van der Waals surface area contributed by atoms with Gasteiger partial charge in [-0.25, -0.2) is 0 Å². The highest BCUT2D eigenvalue weighted by Crippen LogP contribution is 2.31. The fraction of sp³-hybridized carbons (Fsp3) is 0.125. The smallest absolute Gasteiger partial charge is 0.0703 e. The Bertz CT molecular complexity index is 412. The van der Waals surface area contributed by atoms with Gasteiger partial charge in [0.15, 0.2) is 0 Å². The molecule has 0 aliphatic carbocycles. The molecule has 0 unspecified atom stereocenters. The summed E-state index contributed by atoms with van der Waals surface area (Å²) in [4.78, 5) is 4.03. The third-order valence-corrected chi connectivity index (χ3v) is 3.53. The van der Waals surface area contributed by atoms with Crippen LogP contribution >= 0.6 is 27.3 Å². The van der Waals surface area contributed by atoms with E-state index in [1.807, 2.05) is 11.6 Å². The van der Waals surface area contributed by atoms with Crippen molar-refractivity contribution in [3.63, 3.8) is 0 Å². The number of aliphatic hydroxyl groups is 1. The molecule has 0 aliphatic rings. The van der Waals surface area contributed by atoms with Gasteiger partial charge in [-0.3, -0.25) is 4.98 Å². The molecule has 0 atom stereocenters. The van der Waals surface area contributed by atoms with Crippen LogP contribution in [0.4, 0.5) is 0 Å². The normalized spacial score (nSPS) is 10.8. The lowest BCUT2D eigenvalue weighted by Gasteiger charge is -1.97. The Labute approximate surface area is 82.0 Å². The molecule has 0 saturated carbocycles. The van der Waals surface area contributed by atoms with Crippen molar-refractivity contribution in [3.05, 3.63) is 27.8 Å². The van der Waals surface area contributed by atoms with Crippen LogP contribution in [0.3, 0.4) is 0 Å². The van der Waals surface area contributed by atoms with Gasteiger partial charge in [-0.15, -0.1) is 11.3 Å². The summed E-state index contributed by atoms with van der Waals surface area (Å²) < 4.78 is 2.14. The van der Waals surface area contributed by atoms with Crippen LogP contribution < -0.4 is 0 Å². The molecule has 0 amide bonds. The number of hydrogen-bond acceptors (Lipinski definition) is 3. The van der Waals surface area contributed by atoms with Crippen LogP contribution in [0.1, 0.15) is 5.56 Å². The van der Waals surface area contributed by atoms with Gasteiger partial charge in [-0.1, -0.05) is 0 Å². The fourth-order valence-electron chi connectivity index (χ4n) is 1.14. The number of aromatic nitrogens is 1. The lowest BCUT2D eigenvalue weighted by atomic mass is 10.2. The largest absolute Gasteiger partial charge is 0.392 e. The molecule has 0 saturated heterocycles. The zero-order valence-corrected chi connectivity index (χ0v) is 8.52. The second-order valence-electron chi connectivity index (χ2n) is 2.41. The quantitative estimate of drug-likeness (QED) is 0.836. The highest BCUT2D eigenvalue weighted by atomic mass is 79.9. The molecular formula is C8H6BrNOS. The van der Waals surface area contributed by atoms with E-state index in [1.54, 1.807) is 17.5 Å². The summed E-state index contributed by atoms with van der Waals surface area (Å²) in [5, 5.41) is 12.1. The first-order chi connectivity index (χ1) is 5.83. The molecule has 2 heterocycles. The minimum Gasteiger partial charge on any atom is -0.392 e. The predicted molar refractivity (Wildman–Crippen MR) is 53.2 cm³/mol. The van der Waals surface area contributed by atoms with Crippen molar-refractivity contribution < 1.29 is 5.11 Å². The van der Waals surface area contributed by atoms with E-state index in [0.717, 1.165) is 20.1 Å². The first-order valence-electron chi connectivity index (χ1n) is 3.43. The second kappa shape index (κ2) is 3.12. The molecule has 0 spiro atoms. The molecule has 62 valence electrons. The Kier molecular flexibility index (Phi) is 2.12. The highest BCUT2D eigenvalue weighted by molar-refractivity contribution is 9.10. The van der Waals surface area contributed by atoms with E-state index >= 15 is 0 Å². The number of fused-ring (bicyclic) bond motifs is 1. The van der Waals surface area contributed by atoms with Crippen molar-refractivity contribution >= 4 is 37.4 Å². The van der Waals surface area contributed by atoms with Crippen LogP contribution in [0.25, 0.3) is 10.1 Å². The van der Waals surface area contributed by atoms with Gasteiger partial charge in [-0.2, -0.15) is 0 Å². The van der Waals surface area contributed by atoms with Crippen molar-refractivity contribution in [2.75, 3.05) is 0 Å². The van der Waals surface area contributed by atoms with Crippen LogP contribution in [-0.4, -0.2) is 10.1 Å². The van der Waals surface area contributed by atoms with E-state index < -0.39 is 0 Å². The molecule has 0 fully saturated rings. The van der Waals surface area contributed by atoms with E-state index in [-0.39, 0.29) is 6.61 Å². The number of aliphatic hydroxyl groups excluding tert-OH is 1. The summed E-state index contributed by atoms with van der Waals surface area (Å²) >= 11 is 5.05. The van der Waals surface area contributed by atoms with E-state index in [1.165, 1.54) is 0 Å².